The minimum absolute atomic E-state index is 0.00865. The van der Waals surface area contributed by atoms with Crippen molar-refractivity contribution >= 4 is 17.7 Å². The van der Waals surface area contributed by atoms with Crippen molar-refractivity contribution in [3.05, 3.63) is 12.2 Å². The topological polar surface area (TPSA) is 117 Å². The number of fused-ring (bicyclic) bond motifs is 10. The van der Waals surface area contributed by atoms with Gasteiger partial charge in [0.05, 0.1) is 17.3 Å². The van der Waals surface area contributed by atoms with Crippen molar-refractivity contribution in [1.29, 1.82) is 0 Å². The van der Waals surface area contributed by atoms with Crippen LogP contribution in [-0.4, -0.2) is 100 Å². The molecule has 2 saturated heterocycles. The van der Waals surface area contributed by atoms with Crippen molar-refractivity contribution in [3.8, 4) is 0 Å². The van der Waals surface area contributed by atoms with Gasteiger partial charge in [-0.15, -0.1) is 0 Å². The Kier molecular flexibility index (Phi) is 8.57. The predicted octanol–water partition coefficient (Wildman–Crippen LogP) is 4.24. The van der Waals surface area contributed by atoms with Gasteiger partial charge >= 0.3 is 11.9 Å². The first kappa shape index (κ1) is 34.6. The van der Waals surface area contributed by atoms with E-state index in [1.807, 2.05) is 0 Å². The van der Waals surface area contributed by atoms with Crippen LogP contribution in [-0.2, 0) is 23.9 Å². The van der Waals surface area contributed by atoms with Crippen LogP contribution in [0.4, 0.5) is 0 Å². The van der Waals surface area contributed by atoms with Gasteiger partial charge in [-0.05, 0) is 88.4 Å². The fourth-order valence-electron chi connectivity index (χ4n) is 12.8. The molecule has 7 fully saturated rings. The lowest BCUT2D eigenvalue weighted by molar-refractivity contribution is -0.207. The molecule has 5 saturated carbocycles. The number of hydrogen-bond donors (Lipinski definition) is 2. The first-order chi connectivity index (χ1) is 22.7. The molecule has 7 rings (SSSR count). The molecule has 2 N–H and O–H groups in total. The Bertz CT molecular complexity index is 1340. The third kappa shape index (κ3) is 4.51. The van der Waals surface area contributed by atoms with Crippen LogP contribution < -0.4 is 0 Å². The summed E-state index contributed by atoms with van der Waals surface area (Å²) < 4.78 is 12.7. The van der Waals surface area contributed by atoms with Crippen LogP contribution in [0.1, 0.15) is 92.9 Å². The number of hydrogen-bond acceptors (Lipinski definition) is 9. The number of ketones is 1. The largest absolute Gasteiger partial charge is 0.461 e. The molecule has 0 radical (unpaired) electrons. The van der Waals surface area contributed by atoms with E-state index in [0.29, 0.717) is 32.4 Å². The molecule has 268 valence electrons. The van der Waals surface area contributed by atoms with E-state index in [4.69, 9.17) is 9.47 Å². The Morgan fingerprint density at radius 1 is 0.792 bits per heavy atom. The first-order valence-corrected chi connectivity index (χ1v) is 19.2. The summed E-state index contributed by atoms with van der Waals surface area (Å²) in [5.74, 6) is -2.35. The van der Waals surface area contributed by atoms with Gasteiger partial charge in [0.2, 0.25) is 0 Å². The number of nitrogens with zero attached hydrogens (tertiary/aromatic N) is 2. The molecular formula is C39H60N2O7. The molecule has 9 nitrogen and oxygen atoms in total. The third-order valence-electron chi connectivity index (χ3n) is 15.6. The van der Waals surface area contributed by atoms with Gasteiger partial charge in [-0.25, -0.2) is 0 Å². The first-order valence-electron chi connectivity index (χ1n) is 19.2. The van der Waals surface area contributed by atoms with Crippen LogP contribution in [0.2, 0.25) is 0 Å². The fourth-order valence-corrected chi connectivity index (χ4v) is 12.8. The number of Topliss-reactive ketones (excluding diaryl/α,β-unsaturated/α-hetero) is 1. The van der Waals surface area contributed by atoms with Crippen molar-refractivity contribution in [1.82, 2.24) is 9.80 Å². The highest BCUT2D eigenvalue weighted by Gasteiger charge is 2.84. The van der Waals surface area contributed by atoms with E-state index in [1.54, 1.807) is 0 Å². The van der Waals surface area contributed by atoms with E-state index >= 15 is 0 Å². The highest BCUT2D eigenvalue weighted by atomic mass is 16.6. The van der Waals surface area contributed by atoms with Crippen molar-refractivity contribution < 1.29 is 34.1 Å². The highest BCUT2D eigenvalue weighted by Crippen LogP contribution is 2.75. The zero-order valence-electron chi connectivity index (χ0n) is 30.2. The summed E-state index contributed by atoms with van der Waals surface area (Å²) in [5.41, 5.74) is -3.84. The maximum atomic E-state index is 14.8. The number of allylic oxidation sites excluding steroid dienone is 1. The van der Waals surface area contributed by atoms with E-state index in [1.165, 1.54) is 0 Å². The van der Waals surface area contributed by atoms with Crippen LogP contribution in [0.3, 0.4) is 0 Å². The Morgan fingerprint density at radius 3 is 1.90 bits per heavy atom. The molecule has 2 aliphatic heterocycles. The van der Waals surface area contributed by atoms with Gasteiger partial charge in [0.15, 0.2) is 0 Å². The fraction of sp³-hybridized carbons (Fsp3) is 0.872. The summed E-state index contributed by atoms with van der Waals surface area (Å²) in [4.78, 5) is 46.6. The normalized spacial score (nSPS) is 47.5. The van der Waals surface area contributed by atoms with Crippen LogP contribution >= 0.6 is 0 Å². The standard InChI is InChI=1S/C39H60N2O7/c1-8-40(9-2)20-26-23-13-12-22(5)25-19-39(46)37(16-17-38(39,45)30(25)32(23)47-34(26)43)29(42)18-28-31(37)33-24(14-15-36(28,6)7)27(35(44)48-33)21-41(10-3)11-4/h23-28,30-33,45-46H,5,8-21H2,1-4,6-7H3/t23-,24-,25-,26?,27?,28+,30-,31-,32-,33-,37+,38-,39-/m0/s1. The molecule has 0 aromatic heterocycles. The van der Waals surface area contributed by atoms with Gasteiger partial charge in [-0.3, -0.25) is 14.4 Å². The average molecular weight is 669 g/mol. The number of rotatable bonds is 8. The SMILES string of the molecule is C=C1CC[C@H]2C(CN(CC)CC)C(=O)O[C@@H]2[C@@H]2[C@H]1C[C@@]1(O)[C@]2(O)CC[C@]12C(=O)C[C@@H]1[C@H]2[C@H]2OC(=O)C(CN(CC)CC)[C@@H]2CCC1(C)C. The van der Waals surface area contributed by atoms with Gasteiger partial charge in [0, 0.05) is 43.2 Å². The zero-order valence-corrected chi connectivity index (χ0v) is 30.2. The Morgan fingerprint density at radius 2 is 1.33 bits per heavy atom. The maximum Gasteiger partial charge on any atom is 0.310 e. The van der Waals surface area contributed by atoms with Crippen molar-refractivity contribution in [2.45, 2.75) is 116 Å². The summed E-state index contributed by atoms with van der Waals surface area (Å²) in [6.07, 6.45) is 3.31. The molecule has 0 bridgehead atoms. The van der Waals surface area contributed by atoms with Crippen LogP contribution in [0, 0.1) is 58.2 Å². The van der Waals surface area contributed by atoms with Crippen molar-refractivity contribution in [2.24, 2.45) is 58.2 Å². The molecule has 0 amide bonds. The Hall–Kier alpha value is -1.81. The van der Waals surface area contributed by atoms with Crippen molar-refractivity contribution in [3.63, 3.8) is 0 Å². The zero-order chi connectivity index (χ0) is 34.6. The van der Waals surface area contributed by atoms with Crippen molar-refractivity contribution in [2.75, 3.05) is 39.3 Å². The van der Waals surface area contributed by atoms with E-state index in [-0.39, 0.29) is 77.4 Å². The number of carbonyl (C=O) groups is 3. The molecule has 7 aliphatic rings. The summed E-state index contributed by atoms with van der Waals surface area (Å²) in [7, 11) is 0. The quantitative estimate of drug-likeness (QED) is 0.290. The molecular weight excluding hydrogens is 608 g/mol. The minimum atomic E-state index is -1.74. The minimum Gasteiger partial charge on any atom is -0.461 e. The summed E-state index contributed by atoms with van der Waals surface area (Å²) >= 11 is 0. The lowest BCUT2D eigenvalue weighted by Crippen LogP contribution is -2.63. The second-order valence-corrected chi connectivity index (χ2v) is 17.4. The molecule has 13 atom stereocenters. The molecule has 0 aromatic carbocycles. The molecule has 5 aliphatic carbocycles. The Balaban J connectivity index is 1.29. The summed E-state index contributed by atoms with van der Waals surface area (Å²) in [5, 5.41) is 26.5. The van der Waals surface area contributed by atoms with E-state index in [0.717, 1.165) is 51.0 Å². The maximum absolute atomic E-state index is 14.8. The molecule has 9 heteroatoms. The molecule has 1 spiro atoms. The number of esters is 2. The van der Waals surface area contributed by atoms with Gasteiger partial charge in [-0.2, -0.15) is 0 Å². The number of ether oxygens (including phenoxy) is 2. The van der Waals surface area contributed by atoms with E-state index in [9.17, 15) is 24.6 Å². The predicted molar refractivity (Wildman–Crippen MR) is 180 cm³/mol. The van der Waals surface area contributed by atoms with Gasteiger partial charge < -0.3 is 29.5 Å². The van der Waals surface area contributed by atoms with Gasteiger partial charge in [-0.1, -0.05) is 53.7 Å². The number of carbonyl (C=O) groups excluding carboxylic acids is 3. The summed E-state index contributed by atoms with van der Waals surface area (Å²) in [6, 6.07) is 0. The van der Waals surface area contributed by atoms with Crippen LogP contribution in [0.25, 0.3) is 0 Å². The second kappa shape index (κ2) is 11.9. The average Bonchev–Trinajstić information content (AvgIpc) is 3.72. The third-order valence-corrected chi connectivity index (χ3v) is 15.6. The number of aliphatic hydroxyl groups is 2. The molecule has 0 aromatic rings. The Labute approximate surface area is 287 Å². The lowest BCUT2D eigenvalue weighted by atomic mass is 9.58. The molecule has 48 heavy (non-hydrogen) atoms. The monoisotopic (exact) mass is 668 g/mol. The molecule has 2 unspecified atom stereocenters. The van der Waals surface area contributed by atoms with E-state index in [2.05, 4.69) is 57.9 Å². The van der Waals surface area contributed by atoms with Crippen LogP contribution in [0.15, 0.2) is 12.2 Å². The van der Waals surface area contributed by atoms with E-state index < -0.39 is 34.7 Å². The molecule has 2 heterocycles. The van der Waals surface area contributed by atoms with Gasteiger partial charge in [0.1, 0.15) is 29.2 Å². The summed E-state index contributed by atoms with van der Waals surface area (Å²) in [6.45, 7) is 22.0. The van der Waals surface area contributed by atoms with Gasteiger partial charge in [0.25, 0.3) is 0 Å². The lowest BCUT2D eigenvalue weighted by Gasteiger charge is -2.49. The second-order valence-electron chi connectivity index (χ2n) is 17.4. The smallest absolute Gasteiger partial charge is 0.310 e. The van der Waals surface area contributed by atoms with Crippen LogP contribution in [0.5, 0.6) is 0 Å². The highest BCUT2D eigenvalue weighted by molar-refractivity contribution is 5.91.